The number of halogens is 1. The number of para-hydroxylation sites is 2. The van der Waals surface area contributed by atoms with Crippen LogP contribution in [0.2, 0.25) is 0 Å². The molecule has 0 aliphatic carbocycles. The average Bonchev–Trinajstić information content (AvgIpc) is 2.94. The number of nitrogens with zero attached hydrogens (tertiary/aromatic N) is 2. The van der Waals surface area contributed by atoms with E-state index >= 15 is 0 Å². The number of amides is 1. The van der Waals surface area contributed by atoms with Crippen LogP contribution in [-0.4, -0.2) is 22.4 Å². The topological polar surface area (TPSA) is 55.6 Å². The molecule has 0 saturated heterocycles. The van der Waals surface area contributed by atoms with Crippen molar-refractivity contribution in [1.29, 1.82) is 0 Å². The van der Waals surface area contributed by atoms with Gasteiger partial charge in [-0.3, -0.25) is 9.20 Å². The van der Waals surface area contributed by atoms with Gasteiger partial charge >= 0.3 is 0 Å². The number of nitrogens with one attached hydrogen (secondary N) is 1. The predicted octanol–water partition coefficient (Wildman–Crippen LogP) is 4.23. The number of rotatable bonds is 4. The van der Waals surface area contributed by atoms with Gasteiger partial charge in [0.25, 0.3) is 5.91 Å². The van der Waals surface area contributed by atoms with Gasteiger partial charge in [-0.15, -0.1) is 0 Å². The SMILES string of the molecule is CCc1nc2c(C)cc(Br)cn2c1C(=O)Nc1ccccc1OC. The Bertz CT molecular complexity index is 918. The van der Waals surface area contributed by atoms with Gasteiger partial charge in [-0.1, -0.05) is 19.1 Å². The fourth-order valence-electron chi connectivity index (χ4n) is 2.73. The van der Waals surface area contributed by atoms with Crippen molar-refractivity contribution in [1.82, 2.24) is 9.38 Å². The van der Waals surface area contributed by atoms with Crippen molar-refractivity contribution in [3.8, 4) is 5.75 Å². The van der Waals surface area contributed by atoms with E-state index in [1.165, 1.54) is 0 Å². The van der Waals surface area contributed by atoms with Crippen LogP contribution in [0.4, 0.5) is 5.69 Å². The van der Waals surface area contributed by atoms with Crippen LogP contribution in [0, 0.1) is 6.92 Å². The van der Waals surface area contributed by atoms with Gasteiger partial charge in [0.2, 0.25) is 0 Å². The maximum atomic E-state index is 12.9. The number of benzene rings is 1. The van der Waals surface area contributed by atoms with Crippen LogP contribution in [0.25, 0.3) is 5.65 Å². The molecule has 0 radical (unpaired) electrons. The maximum Gasteiger partial charge on any atom is 0.274 e. The standard InChI is InChI=1S/C18H18BrN3O2/c1-4-13-16(22-10-12(19)9-11(2)17(22)20-13)18(23)21-14-7-5-6-8-15(14)24-3/h5-10H,4H2,1-3H3,(H,21,23). The van der Waals surface area contributed by atoms with E-state index < -0.39 is 0 Å². The lowest BCUT2D eigenvalue weighted by molar-refractivity contribution is 0.102. The molecule has 124 valence electrons. The molecule has 6 heteroatoms. The summed E-state index contributed by atoms with van der Waals surface area (Å²) in [7, 11) is 1.58. The Kier molecular flexibility index (Phi) is 4.57. The number of carbonyl (C=O) groups excluding carboxylic acids is 1. The number of aromatic nitrogens is 2. The van der Waals surface area contributed by atoms with Gasteiger partial charge in [0.1, 0.15) is 17.1 Å². The summed E-state index contributed by atoms with van der Waals surface area (Å²) in [4.78, 5) is 17.5. The molecule has 1 aromatic carbocycles. The molecule has 0 aliphatic rings. The molecule has 0 bridgehead atoms. The van der Waals surface area contributed by atoms with Gasteiger partial charge in [0.05, 0.1) is 18.5 Å². The van der Waals surface area contributed by atoms with Gasteiger partial charge in [-0.05, 0) is 53.0 Å². The Hall–Kier alpha value is -2.34. The Labute approximate surface area is 148 Å². The van der Waals surface area contributed by atoms with Crippen molar-refractivity contribution in [2.45, 2.75) is 20.3 Å². The summed E-state index contributed by atoms with van der Waals surface area (Å²) in [6.45, 7) is 3.97. The molecule has 0 fully saturated rings. The number of imidazole rings is 1. The van der Waals surface area contributed by atoms with E-state index in [9.17, 15) is 4.79 Å². The number of hydrogen-bond donors (Lipinski definition) is 1. The Morgan fingerprint density at radius 2 is 2.12 bits per heavy atom. The Morgan fingerprint density at radius 1 is 1.38 bits per heavy atom. The lowest BCUT2D eigenvalue weighted by Gasteiger charge is -2.10. The number of aryl methyl sites for hydroxylation is 2. The first-order chi connectivity index (χ1) is 11.5. The van der Waals surface area contributed by atoms with E-state index in [2.05, 4.69) is 26.2 Å². The van der Waals surface area contributed by atoms with Crippen molar-refractivity contribution < 1.29 is 9.53 Å². The molecule has 0 aliphatic heterocycles. The fourth-order valence-corrected chi connectivity index (χ4v) is 3.28. The summed E-state index contributed by atoms with van der Waals surface area (Å²) >= 11 is 3.49. The monoisotopic (exact) mass is 387 g/mol. The van der Waals surface area contributed by atoms with Crippen molar-refractivity contribution in [2.24, 2.45) is 0 Å². The second-order valence-electron chi connectivity index (χ2n) is 5.45. The maximum absolute atomic E-state index is 12.9. The highest BCUT2D eigenvalue weighted by atomic mass is 79.9. The van der Waals surface area contributed by atoms with Crippen LogP contribution in [-0.2, 0) is 6.42 Å². The molecule has 1 N–H and O–H groups in total. The number of methoxy groups -OCH3 is 1. The minimum Gasteiger partial charge on any atom is -0.495 e. The number of ether oxygens (including phenoxy) is 1. The minimum absolute atomic E-state index is 0.207. The lowest BCUT2D eigenvalue weighted by atomic mass is 10.2. The molecule has 3 aromatic rings. The summed E-state index contributed by atoms with van der Waals surface area (Å²) in [6.07, 6.45) is 2.54. The highest BCUT2D eigenvalue weighted by Crippen LogP contribution is 2.26. The zero-order chi connectivity index (χ0) is 17.3. The first-order valence-electron chi connectivity index (χ1n) is 7.66. The first kappa shape index (κ1) is 16.5. The molecule has 1 amide bonds. The van der Waals surface area contributed by atoms with E-state index in [4.69, 9.17) is 4.74 Å². The van der Waals surface area contributed by atoms with Crippen molar-refractivity contribution in [2.75, 3.05) is 12.4 Å². The fraction of sp³-hybridized carbons (Fsp3) is 0.222. The van der Waals surface area contributed by atoms with Gasteiger partial charge in [0, 0.05) is 10.7 Å². The molecule has 2 aromatic heterocycles. The summed E-state index contributed by atoms with van der Waals surface area (Å²) in [6, 6.07) is 9.33. The van der Waals surface area contributed by atoms with E-state index in [0.29, 0.717) is 23.6 Å². The van der Waals surface area contributed by atoms with Gasteiger partial charge in [0.15, 0.2) is 0 Å². The van der Waals surface area contributed by atoms with Crippen molar-refractivity contribution in [3.05, 3.63) is 58.0 Å². The van der Waals surface area contributed by atoms with Crippen LogP contribution < -0.4 is 10.1 Å². The molecule has 0 unspecified atom stereocenters. The summed E-state index contributed by atoms with van der Waals surface area (Å²) in [5.74, 6) is 0.413. The van der Waals surface area contributed by atoms with Crippen LogP contribution in [0.3, 0.4) is 0 Å². The largest absolute Gasteiger partial charge is 0.495 e. The van der Waals surface area contributed by atoms with Gasteiger partial charge in [-0.25, -0.2) is 4.98 Å². The smallest absolute Gasteiger partial charge is 0.274 e. The molecule has 0 atom stereocenters. The van der Waals surface area contributed by atoms with Crippen LogP contribution >= 0.6 is 15.9 Å². The minimum atomic E-state index is -0.207. The number of pyridine rings is 1. The average molecular weight is 388 g/mol. The Morgan fingerprint density at radius 3 is 2.83 bits per heavy atom. The quantitative estimate of drug-likeness (QED) is 0.728. The van der Waals surface area contributed by atoms with Crippen LogP contribution in [0.1, 0.15) is 28.7 Å². The number of anilines is 1. The van der Waals surface area contributed by atoms with Crippen molar-refractivity contribution >= 4 is 33.2 Å². The van der Waals surface area contributed by atoms with Crippen molar-refractivity contribution in [3.63, 3.8) is 0 Å². The molecule has 3 rings (SSSR count). The summed E-state index contributed by atoms with van der Waals surface area (Å²) < 4.78 is 8.04. The van der Waals surface area contributed by atoms with Crippen LogP contribution in [0.5, 0.6) is 5.75 Å². The highest BCUT2D eigenvalue weighted by Gasteiger charge is 2.20. The molecule has 5 nitrogen and oxygen atoms in total. The molecule has 0 saturated carbocycles. The highest BCUT2D eigenvalue weighted by molar-refractivity contribution is 9.10. The van der Waals surface area contributed by atoms with Crippen LogP contribution in [0.15, 0.2) is 41.0 Å². The third kappa shape index (κ3) is 2.89. The third-order valence-corrected chi connectivity index (χ3v) is 4.28. The van der Waals surface area contributed by atoms with E-state index in [0.717, 1.165) is 21.4 Å². The zero-order valence-corrected chi connectivity index (χ0v) is 15.3. The second-order valence-corrected chi connectivity index (χ2v) is 6.37. The normalized spacial score (nSPS) is 10.8. The number of hydrogen-bond acceptors (Lipinski definition) is 3. The zero-order valence-electron chi connectivity index (χ0n) is 13.8. The molecule has 24 heavy (non-hydrogen) atoms. The molecule has 0 spiro atoms. The van der Waals surface area contributed by atoms with E-state index in [1.54, 1.807) is 7.11 Å². The summed E-state index contributed by atoms with van der Waals surface area (Å²) in [5.41, 5.74) is 3.75. The van der Waals surface area contributed by atoms with Gasteiger partial charge < -0.3 is 10.1 Å². The lowest BCUT2D eigenvalue weighted by Crippen LogP contribution is -2.17. The summed E-state index contributed by atoms with van der Waals surface area (Å²) in [5, 5.41) is 2.93. The number of carbonyl (C=O) groups is 1. The van der Waals surface area contributed by atoms with E-state index in [1.807, 2.05) is 54.8 Å². The predicted molar refractivity (Wildman–Crippen MR) is 98.0 cm³/mol. The second kappa shape index (κ2) is 6.65. The Balaban J connectivity index is 2.09. The first-order valence-corrected chi connectivity index (χ1v) is 8.46. The van der Waals surface area contributed by atoms with Gasteiger partial charge in [-0.2, -0.15) is 0 Å². The molecule has 2 heterocycles. The van der Waals surface area contributed by atoms with E-state index in [-0.39, 0.29) is 5.91 Å². The molecular formula is C18H18BrN3O2. The molecular weight excluding hydrogens is 370 g/mol. The number of fused-ring (bicyclic) bond motifs is 1. The third-order valence-electron chi connectivity index (χ3n) is 3.85.